The highest BCUT2D eigenvalue weighted by molar-refractivity contribution is 7.18. The summed E-state index contributed by atoms with van der Waals surface area (Å²) >= 11 is 13.7. The van der Waals surface area contributed by atoms with Gasteiger partial charge in [-0.15, -0.1) is 10.2 Å². The summed E-state index contributed by atoms with van der Waals surface area (Å²) in [6.07, 6.45) is 4.41. The summed E-state index contributed by atoms with van der Waals surface area (Å²) in [6.45, 7) is 2.42. The van der Waals surface area contributed by atoms with Gasteiger partial charge in [-0.2, -0.15) is 0 Å². The van der Waals surface area contributed by atoms with E-state index in [9.17, 15) is 4.79 Å². The van der Waals surface area contributed by atoms with Gasteiger partial charge in [-0.3, -0.25) is 4.79 Å². The fourth-order valence-corrected chi connectivity index (χ4v) is 4.61. The van der Waals surface area contributed by atoms with Crippen LogP contribution in [0.3, 0.4) is 0 Å². The Morgan fingerprint density at radius 2 is 1.96 bits per heavy atom. The average molecular weight is 411 g/mol. The van der Waals surface area contributed by atoms with Crippen molar-refractivity contribution in [3.8, 4) is 10.6 Å². The fourth-order valence-electron chi connectivity index (χ4n) is 3.21. The molecule has 4 rings (SSSR count). The van der Waals surface area contributed by atoms with Crippen LogP contribution in [0.2, 0.25) is 10.0 Å². The van der Waals surface area contributed by atoms with Crippen LogP contribution in [0.4, 0.5) is 5.13 Å². The monoisotopic (exact) mass is 410 g/mol. The molecule has 1 saturated heterocycles. The van der Waals surface area contributed by atoms with Crippen molar-refractivity contribution in [3.05, 3.63) is 28.2 Å². The number of rotatable bonds is 5. The molecule has 1 aliphatic heterocycles. The van der Waals surface area contributed by atoms with Crippen LogP contribution in [0.25, 0.3) is 10.6 Å². The normalized spacial score (nSPS) is 20.2. The van der Waals surface area contributed by atoms with Crippen molar-refractivity contribution in [2.24, 2.45) is 11.8 Å². The molecule has 5 nitrogen and oxygen atoms in total. The van der Waals surface area contributed by atoms with Crippen LogP contribution in [-0.2, 0) is 4.79 Å². The van der Waals surface area contributed by atoms with Crippen LogP contribution in [0.5, 0.6) is 0 Å². The highest BCUT2D eigenvalue weighted by Crippen LogP contribution is 2.34. The minimum Gasteiger partial charge on any atom is -0.356 e. The minimum atomic E-state index is 0.0236. The molecule has 2 aliphatic rings. The first-order valence-corrected chi connectivity index (χ1v) is 10.5. The predicted octanol–water partition coefficient (Wildman–Crippen LogP) is 4.25. The average Bonchev–Trinajstić information content (AvgIpc) is 3.32. The lowest BCUT2D eigenvalue weighted by molar-refractivity contribution is -0.125. The Bertz CT molecular complexity index is 788. The second kappa shape index (κ2) is 7.71. The number of carbonyl (C=O) groups excluding carboxylic acids is 1. The molecular weight excluding hydrogens is 391 g/mol. The Hall–Kier alpha value is -1.37. The number of piperidine rings is 1. The van der Waals surface area contributed by atoms with E-state index < -0.39 is 0 Å². The van der Waals surface area contributed by atoms with Crippen molar-refractivity contribution in [1.82, 2.24) is 15.5 Å². The molecule has 2 aromatic rings. The highest BCUT2D eigenvalue weighted by atomic mass is 35.5. The maximum absolute atomic E-state index is 12.4. The van der Waals surface area contributed by atoms with Crippen LogP contribution in [0, 0.1) is 11.8 Å². The van der Waals surface area contributed by atoms with E-state index in [1.54, 1.807) is 6.07 Å². The lowest BCUT2D eigenvalue weighted by atomic mass is 9.97. The van der Waals surface area contributed by atoms with Gasteiger partial charge in [-0.05, 0) is 49.8 Å². The molecule has 0 spiro atoms. The number of aromatic nitrogens is 2. The fraction of sp³-hybridized carbons (Fsp3) is 0.500. The van der Waals surface area contributed by atoms with Crippen molar-refractivity contribution in [1.29, 1.82) is 0 Å². The van der Waals surface area contributed by atoms with Crippen molar-refractivity contribution < 1.29 is 4.79 Å². The van der Waals surface area contributed by atoms with Gasteiger partial charge in [0.15, 0.2) is 0 Å². The number of benzene rings is 1. The topological polar surface area (TPSA) is 58.1 Å². The molecule has 1 aromatic carbocycles. The Morgan fingerprint density at radius 3 is 2.69 bits per heavy atom. The molecule has 1 amide bonds. The summed E-state index contributed by atoms with van der Waals surface area (Å²) < 4.78 is 0. The molecule has 1 atom stereocenters. The van der Waals surface area contributed by atoms with E-state index >= 15 is 0 Å². The van der Waals surface area contributed by atoms with Crippen molar-refractivity contribution >= 4 is 45.6 Å². The Morgan fingerprint density at radius 1 is 1.19 bits per heavy atom. The molecule has 1 saturated carbocycles. The van der Waals surface area contributed by atoms with Crippen molar-refractivity contribution in [2.75, 3.05) is 24.5 Å². The van der Waals surface area contributed by atoms with Gasteiger partial charge in [0, 0.05) is 35.2 Å². The van der Waals surface area contributed by atoms with E-state index in [2.05, 4.69) is 20.4 Å². The number of hydrogen-bond acceptors (Lipinski definition) is 5. The smallest absolute Gasteiger partial charge is 0.224 e. The van der Waals surface area contributed by atoms with E-state index in [-0.39, 0.29) is 11.8 Å². The standard InChI is InChI=1S/C18H20Cl2N4OS/c19-14-6-13(7-15(20)8-14)17-22-23-18(26-17)24-5-1-2-12(10-24)16(25)21-9-11-3-4-11/h6-8,11-12H,1-5,9-10H2,(H,21,25)/t12-/m1/s1. The lowest BCUT2D eigenvalue weighted by Gasteiger charge is -2.31. The first kappa shape index (κ1) is 18.0. The zero-order valence-corrected chi connectivity index (χ0v) is 16.6. The number of halogens is 2. The third-order valence-corrected chi connectivity index (χ3v) is 6.32. The van der Waals surface area contributed by atoms with E-state index in [1.807, 2.05) is 12.1 Å². The van der Waals surface area contributed by atoms with Crippen molar-refractivity contribution in [2.45, 2.75) is 25.7 Å². The zero-order valence-electron chi connectivity index (χ0n) is 14.3. The van der Waals surface area contributed by atoms with E-state index in [4.69, 9.17) is 23.2 Å². The highest BCUT2D eigenvalue weighted by Gasteiger charge is 2.29. The first-order chi connectivity index (χ1) is 12.6. The molecule has 1 aliphatic carbocycles. The molecule has 1 N–H and O–H groups in total. The van der Waals surface area contributed by atoms with Gasteiger partial charge in [0.2, 0.25) is 11.0 Å². The van der Waals surface area contributed by atoms with Gasteiger partial charge < -0.3 is 10.2 Å². The largest absolute Gasteiger partial charge is 0.356 e. The molecule has 0 radical (unpaired) electrons. The lowest BCUT2D eigenvalue weighted by Crippen LogP contribution is -2.43. The van der Waals surface area contributed by atoms with E-state index in [0.29, 0.717) is 22.5 Å². The first-order valence-electron chi connectivity index (χ1n) is 8.91. The van der Waals surface area contributed by atoms with Gasteiger partial charge in [-0.25, -0.2) is 0 Å². The molecule has 0 unspecified atom stereocenters. The molecule has 26 heavy (non-hydrogen) atoms. The SMILES string of the molecule is O=C(NCC1CC1)[C@@H]1CCCN(c2nnc(-c3cc(Cl)cc(Cl)c3)s2)C1. The Kier molecular flexibility index (Phi) is 5.34. The van der Waals surface area contributed by atoms with E-state index in [1.165, 1.54) is 24.2 Å². The Labute approximate surface area is 166 Å². The predicted molar refractivity (Wildman–Crippen MR) is 106 cm³/mol. The summed E-state index contributed by atoms with van der Waals surface area (Å²) in [4.78, 5) is 14.6. The quantitative estimate of drug-likeness (QED) is 0.799. The molecule has 2 heterocycles. The number of carbonyl (C=O) groups is 1. The number of anilines is 1. The summed E-state index contributed by atoms with van der Waals surface area (Å²) in [5, 5.41) is 14.5. The summed E-state index contributed by atoms with van der Waals surface area (Å²) in [5.41, 5.74) is 0.863. The number of hydrogen-bond donors (Lipinski definition) is 1. The molecule has 1 aromatic heterocycles. The van der Waals surface area contributed by atoms with E-state index in [0.717, 1.165) is 41.6 Å². The maximum atomic E-state index is 12.4. The van der Waals surface area contributed by atoms with Crippen LogP contribution >= 0.6 is 34.5 Å². The molecule has 0 bridgehead atoms. The van der Waals surface area contributed by atoms with Crippen LogP contribution in [-0.4, -0.2) is 35.7 Å². The second-order valence-corrected chi connectivity index (χ2v) is 8.85. The maximum Gasteiger partial charge on any atom is 0.224 e. The van der Waals surface area contributed by atoms with Gasteiger partial charge in [0.1, 0.15) is 5.01 Å². The number of nitrogens with zero attached hydrogens (tertiary/aromatic N) is 3. The third kappa shape index (κ3) is 4.30. The number of amides is 1. The van der Waals surface area contributed by atoms with Crippen LogP contribution in [0.1, 0.15) is 25.7 Å². The van der Waals surface area contributed by atoms with Gasteiger partial charge >= 0.3 is 0 Å². The zero-order chi connectivity index (χ0) is 18.1. The van der Waals surface area contributed by atoms with Crippen LogP contribution in [0.15, 0.2) is 18.2 Å². The van der Waals surface area contributed by atoms with Crippen LogP contribution < -0.4 is 10.2 Å². The van der Waals surface area contributed by atoms with Gasteiger partial charge in [0.25, 0.3) is 0 Å². The molecule has 138 valence electrons. The Balaban J connectivity index is 1.43. The summed E-state index contributed by atoms with van der Waals surface area (Å²) in [5.74, 6) is 0.900. The number of nitrogens with one attached hydrogen (secondary N) is 1. The van der Waals surface area contributed by atoms with Crippen molar-refractivity contribution in [3.63, 3.8) is 0 Å². The molecule has 2 fully saturated rings. The summed E-state index contributed by atoms with van der Waals surface area (Å²) in [7, 11) is 0. The third-order valence-electron chi connectivity index (χ3n) is 4.85. The minimum absolute atomic E-state index is 0.0236. The summed E-state index contributed by atoms with van der Waals surface area (Å²) in [6, 6.07) is 5.37. The molecule has 8 heteroatoms. The molecular formula is C18H20Cl2N4OS. The van der Waals surface area contributed by atoms with Gasteiger partial charge in [-0.1, -0.05) is 34.5 Å². The second-order valence-electron chi connectivity index (χ2n) is 7.02. The van der Waals surface area contributed by atoms with Gasteiger partial charge in [0.05, 0.1) is 5.92 Å².